The molecular weight excluding hydrogens is 791 g/mol. The van der Waals surface area contributed by atoms with E-state index in [1.165, 1.54) is 25.7 Å². The molecule has 0 aliphatic rings. The molecule has 0 aliphatic carbocycles. The van der Waals surface area contributed by atoms with Gasteiger partial charge in [-0.15, -0.1) is 0 Å². The largest absolute Gasteiger partial charge is 0.465 e. The number of hydrogen-bond donors (Lipinski definition) is 0. The van der Waals surface area contributed by atoms with E-state index < -0.39 is 84.9 Å². The van der Waals surface area contributed by atoms with E-state index in [-0.39, 0.29) is 6.42 Å². The van der Waals surface area contributed by atoms with E-state index in [9.17, 15) is 97.0 Å². The molecule has 0 rings (SSSR count). The lowest BCUT2D eigenvalue weighted by atomic mass is 9.86. The standard InChI is InChI=1S/C30H39F21O2/c1-2-3-4-5-6-7-8-9-10-11-12-13-14-15-16-17-20(52)53-19-18-21(31,32)22(33,34)23(35,36)24(37,38)25(39,40)26(41,42)27(43,44)28(45,46)29(47,48)30(49,50)51/h2-19H2,1H3. The summed E-state index contributed by atoms with van der Waals surface area (Å²) in [4.78, 5) is 11.7. The zero-order chi connectivity index (χ0) is 42.0. The fourth-order valence-corrected chi connectivity index (χ4v) is 4.75. The second kappa shape index (κ2) is 18.8. The van der Waals surface area contributed by atoms with Crippen LogP contribution < -0.4 is 0 Å². The number of ether oxygens (including phenoxy) is 1. The van der Waals surface area contributed by atoms with E-state index in [1.54, 1.807) is 0 Å². The maximum atomic E-state index is 14.0. The highest BCUT2D eigenvalue weighted by molar-refractivity contribution is 5.69. The highest BCUT2D eigenvalue weighted by Crippen LogP contribution is 2.66. The Kier molecular flexibility index (Phi) is 18.0. The maximum Gasteiger partial charge on any atom is 0.460 e. The molecule has 0 amide bonds. The van der Waals surface area contributed by atoms with Gasteiger partial charge in [0.05, 0.1) is 13.0 Å². The minimum atomic E-state index is -9.21. The number of carbonyl (C=O) groups is 1. The lowest BCUT2D eigenvalue weighted by molar-refractivity contribution is -0.474. The van der Waals surface area contributed by atoms with Crippen molar-refractivity contribution in [2.45, 2.75) is 176 Å². The van der Waals surface area contributed by atoms with Crippen LogP contribution in [0.1, 0.15) is 116 Å². The molecule has 0 unspecified atom stereocenters. The van der Waals surface area contributed by atoms with Crippen molar-refractivity contribution in [2.75, 3.05) is 6.61 Å². The summed E-state index contributed by atoms with van der Waals surface area (Å²) in [6.07, 6.45) is 2.18. The summed E-state index contributed by atoms with van der Waals surface area (Å²) in [7, 11) is 0. The zero-order valence-electron chi connectivity index (χ0n) is 28.0. The van der Waals surface area contributed by atoms with Crippen molar-refractivity contribution in [1.29, 1.82) is 0 Å². The summed E-state index contributed by atoms with van der Waals surface area (Å²) < 4.78 is 287. The Morgan fingerprint density at radius 1 is 0.377 bits per heavy atom. The number of hydrogen-bond acceptors (Lipinski definition) is 2. The molecule has 0 radical (unpaired) electrons. The topological polar surface area (TPSA) is 26.3 Å². The van der Waals surface area contributed by atoms with Gasteiger partial charge in [0.1, 0.15) is 0 Å². The fourth-order valence-electron chi connectivity index (χ4n) is 4.75. The van der Waals surface area contributed by atoms with Gasteiger partial charge in [-0.25, -0.2) is 0 Å². The van der Waals surface area contributed by atoms with E-state index in [2.05, 4.69) is 11.7 Å². The van der Waals surface area contributed by atoms with Gasteiger partial charge in [-0.1, -0.05) is 96.8 Å². The molecule has 0 heterocycles. The summed E-state index contributed by atoms with van der Waals surface area (Å²) in [6, 6.07) is 0. The van der Waals surface area contributed by atoms with Gasteiger partial charge in [-0.3, -0.25) is 4.79 Å². The SMILES string of the molecule is CCCCCCCCCCCCCCCCCC(=O)OCCC(F)(F)C(F)(F)C(F)(F)C(F)(F)C(F)(F)C(F)(F)C(F)(F)C(F)(F)C(F)(F)C(F)(F)F. The van der Waals surface area contributed by atoms with Crippen LogP contribution >= 0.6 is 0 Å². The van der Waals surface area contributed by atoms with E-state index in [4.69, 9.17) is 0 Å². The maximum absolute atomic E-state index is 14.0. The second-order valence-corrected chi connectivity index (χ2v) is 12.5. The third kappa shape index (κ3) is 10.9. The molecule has 2 nitrogen and oxygen atoms in total. The first kappa shape index (κ1) is 51.0. The number of unbranched alkanes of at least 4 members (excludes halogenated alkanes) is 14. The number of rotatable bonds is 27. The first-order chi connectivity index (χ1) is 23.7. The third-order valence-corrected chi connectivity index (χ3v) is 8.24. The predicted octanol–water partition coefficient (Wildman–Crippen LogP) is 13.5. The van der Waals surface area contributed by atoms with Crippen LogP contribution in [0.15, 0.2) is 0 Å². The van der Waals surface area contributed by atoms with Gasteiger partial charge in [0, 0.05) is 6.42 Å². The molecular formula is C30H39F21O2. The Bertz CT molecular complexity index is 1100. The van der Waals surface area contributed by atoms with Crippen molar-refractivity contribution in [2.24, 2.45) is 0 Å². The van der Waals surface area contributed by atoms with E-state index in [1.807, 2.05) is 0 Å². The average Bonchev–Trinajstić information content (AvgIpc) is 3.01. The van der Waals surface area contributed by atoms with Crippen molar-refractivity contribution in [1.82, 2.24) is 0 Å². The lowest BCUT2D eigenvalue weighted by Gasteiger charge is -2.44. The molecule has 0 aliphatic heterocycles. The number of esters is 1. The van der Waals surface area contributed by atoms with Crippen LogP contribution in [0.3, 0.4) is 0 Å². The molecule has 0 fully saturated rings. The Morgan fingerprint density at radius 3 is 0.943 bits per heavy atom. The van der Waals surface area contributed by atoms with Crippen molar-refractivity contribution < 1.29 is 102 Å². The summed E-state index contributed by atoms with van der Waals surface area (Å²) in [5.74, 6) is -78.8. The fraction of sp³-hybridized carbons (Fsp3) is 0.967. The van der Waals surface area contributed by atoms with Gasteiger partial charge in [-0.2, -0.15) is 92.2 Å². The Morgan fingerprint density at radius 2 is 0.642 bits per heavy atom. The third-order valence-electron chi connectivity index (χ3n) is 8.24. The summed E-state index contributed by atoms with van der Waals surface area (Å²) in [5, 5.41) is 0. The molecule has 0 spiro atoms. The van der Waals surface area contributed by atoms with Gasteiger partial charge in [-0.05, 0) is 6.42 Å². The van der Waals surface area contributed by atoms with Crippen molar-refractivity contribution in [3.05, 3.63) is 0 Å². The average molecular weight is 831 g/mol. The molecule has 0 atom stereocenters. The van der Waals surface area contributed by atoms with Gasteiger partial charge in [0.15, 0.2) is 0 Å². The van der Waals surface area contributed by atoms with Crippen LogP contribution in [0, 0.1) is 0 Å². The van der Waals surface area contributed by atoms with Crippen LogP contribution in [0.25, 0.3) is 0 Å². The highest BCUT2D eigenvalue weighted by Gasteiger charge is 2.97. The molecule has 0 saturated heterocycles. The minimum Gasteiger partial charge on any atom is -0.465 e. The molecule has 53 heavy (non-hydrogen) atoms. The number of halogens is 21. The predicted molar refractivity (Wildman–Crippen MR) is 146 cm³/mol. The van der Waals surface area contributed by atoms with Crippen molar-refractivity contribution >= 4 is 5.97 Å². The summed E-state index contributed by atoms with van der Waals surface area (Å²) >= 11 is 0. The van der Waals surface area contributed by atoms with E-state index in [0.29, 0.717) is 12.8 Å². The lowest BCUT2D eigenvalue weighted by Crippen LogP contribution is -2.76. The number of alkyl halides is 21. The summed E-state index contributed by atoms with van der Waals surface area (Å²) in [5.41, 5.74) is 0. The second-order valence-electron chi connectivity index (χ2n) is 12.5. The van der Waals surface area contributed by atoms with Crippen LogP contribution in [0.5, 0.6) is 0 Å². The molecule has 0 aromatic rings. The van der Waals surface area contributed by atoms with Gasteiger partial charge < -0.3 is 4.74 Å². The van der Waals surface area contributed by atoms with Crippen LogP contribution in [-0.4, -0.2) is 72.1 Å². The van der Waals surface area contributed by atoms with Crippen LogP contribution in [0.2, 0.25) is 0 Å². The molecule has 0 bridgehead atoms. The smallest absolute Gasteiger partial charge is 0.460 e. The van der Waals surface area contributed by atoms with E-state index in [0.717, 1.165) is 51.4 Å². The Hall–Kier alpha value is -2.00. The highest BCUT2D eigenvalue weighted by atomic mass is 19.4. The summed E-state index contributed by atoms with van der Waals surface area (Å²) in [6.45, 7) is 0.0701. The first-order valence-corrected chi connectivity index (χ1v) is 16.3. The van der Waals surface area contributed by atoms with Gasteiger partial charge in [0.2, 0.25) is 0 Å². The van der Waals surface area contributed by atoms with Crippen LogP contribution in [-0.2, 0) is 9.53 Å². The normalized spacial score (nSPS) is 14.9. The number of carbonyl (C=O) groups excluding carboxylic acids is 1. The molecule has 0 aromatic carbocycles. The van der Waals surface area contributed by atoms with Crippen LogP contribution in [0.4, 0.5) is 92.2 Å². The van der Waals surface area contributed by atoms with Crippen molar-refractivity contribution in [3.63, 3.8) is 0 Å². The van der Waals surface area contributed by atoms with Crippen molar-refractivity contribution in [3.8, 4) is 0 Å². The molecule has 0 aromatic heterocycles. The zero-order valence-corrected chi connectivity index (χ0v) is 28.0. The minimum absolute atomic E-state index is 0.0234. The van der Waals surface area contributed by atoms with E-state index >= 15 is 0 Å². The quantitative estimate of drug-likeness (QED) is 0.0468. The molecule has 0 saturated carbocycles. The molecule has 0 N–H and O–H groups in total. The molecule has 318 valence electrons. The van der Waals surface area contributed by atoms with Gasteiger partial charge >= 0.3 is 65.4 Å². The Balaban J connectivity index is 5.27. The monoisotopic (exact) mass is 830 g/mol. The first-order valence-electron chi connectivity index (χ1n) is 16.3. The molecule has 23 heteroatoms. The van der Waals surface area contributed by atoms with Gasteiger partial charge in [0.25, 0.3) is 0 Å². The Labute approximate surface area is 290 Å².